The number of aryl methyl sites for hydroxylation is 1. The molecule has 0 radical (unpaired) electrons. The van der Waals surface area contributed by atoms with Crippen molar-refractivity contribution in [2.24, 2.45) is 5.92 Å². The van der Waals surface area contributed by atoms with Crippen molar-refractivity contribution in [2.45, 2.75) is 45.4 Å². The molecule has 0 N–H and O–H groups in total. The van der Waals surface area contributed by atoms with Crippen molar-refractivity contribution in [1.29, 1.82) is 0 Å². The fraction of sp³-hybridized carbons (Fsp3) is 0.323. The number of furan rings is 1. The van der Waals surface area contributed by atoms with E-state index in [4.69, 9.17) is 9.15 Å². The maximum atomic E-state index is 13.3. The molecule has 2 aromatic heterocycles. The molecule has 0 saturated heterocycles. The minimum Gasteiger partial charge on any atom is -0.486 e. The van der Waals surface area contributed by atoms with Gasteiger partial charge in [-0.2, -0.15) is 0 Å². The minimum atomic E-state index is -0.163. The van der Waals surface area contributed by atoms with Crippen molar-refractivity contribution in [1.82, 2.24) is 14.8 Å². The Balaban J connectivity index is 1.19. The van der Waals surface area contributed by atoms with E-state index >= 15 is 0 Å². The highest BCUT2D eigenvalue weighted by Crippen LogP contribution is 2.41. The van der Waals surface area contributed by atoms with Gasteiger partial charge >= 0.3 is 0 Å². The molecule has 1 atom stereocenters. The lowest BCUT2D eigenvalue weighted by Gasteiger charge is -2.38. The molecule has 8 heteroatoms. The number of ether oxygens (including phenoxy) is 1. The molecule has 2 aliphatic rings. The predicted octanol–water partition coefficient (Wildman–Crippen LogP) is 5.78. The zero-order valence-electron chi connectivity index (χ0n) is 22.1. The first-order valence-corrected chi connectivity index (χ1v) is 14.2. The molecule has 1 saturated carbocycles. The molecule has 1 aliphatic heterocycles. The second kappa shape index (κ2) is 10.7. The van der Waals surface area contributed by atoms with E-state index in [1.54, 1.807) is 29.7 Å². The summed E-state index contributed by atoms with van der Waals surface area (Å²) in [4.78, 5) is 34.2. The molecular formula is C31H31N3O4S. The van der Waals surface area contributed by atoms with Crippen LogP contribution in [0.2, 0.25) is 0 Å². The Kier molecular flexibility index (Phi) is 6.95. The summed E-state index contributed by atoms with van der Waals surface area (Å²) >= 11 is 1.40. The fourth-order valence-corrected chi connectivity index (χ4v) is 5.80. The van der Waals surface area contributed by atoms with Crippen molar-refractivity contribution in [3.05, 3.63) is 105 Å². The van der Waals surface area contributed by atoms with E-state index < -0.39 is 0 Å². The van der Waals surface area contributed by atoms with Crippen molar-refractivity contribution >= 4 is 23.2 Å². The molecule has 4 aromatic rings. The number of thiazole rings is 1. The third-order valence-electron chi connectivity index (χ3n) is 7.40. The summed E-state index contributed by atoms with van der Waals surface area (Å²) in [5.41, 5.74) is 5.07. The molecule has 3 heterocycles. The number of rotatable bonds is 8. The number of carbonyl (C=O) groups is 2. The summed E-state index contributed by atoms with van der Waals surface area (Å²) in [6.45, 7) is 3.45. The van der Waals surface area contributed by atoms with Gasteiger partial charge in [0.2, 0.25) is 5.91 Å². The lowest BCUT2D eigenvalue weighted by molar-refractivity contribution is -0.134. The maximum absolute atomic E-state index is 13.3. The lowest BCUT2D eigenvalue weighted by atomic mass is 9.87. The van der Waals surface area contributed by atoms with Gasteiger partial charge in [0.05, 0.1) is 18.8 Å². The van der Waals surface area contributed by atoms with Crippen molar-refractivity contribution in [3.63, 3.8) is 0 Å². The Hall–Kier alpha value is -3.91. The molecule has 1 aliphatic carbocycles. The molecule has 2 amide bonds. The molecular weight excluding hydrogens is 510 g/mol. The zero-order chi connectivity index (χ0) is 26.9. The quantitative estimate of drug-likeness (QED) is 0.283. The van der Waals surface area contributed by atoms with E-state index in [0.717, 1.165) is 53.5 Å². The molecule has 2 aromatic carbocycles. The molecule has 0 spiro atoms. The summed E-state index contributed by atoms with van der Waals surface area (Å²) in [5, 5.41) is 2.49. The normalized spacial score (nSPS) is 16.6. The van der Waals surface area contributed by atoms with E-state index in [1.807, 2.05) is 12.1 Å². The topological polar surface area (TPSA) is 75.9 Å². The first kappa shape index (κ1) is 25.4. The average Bonchev–Trinajstić information content (AvgIpc) is 3.47. The van der Waals surface area contributed by atoms with Crippen LogP contribution in [0.15, 0.2) is 70.7 Å². The van der Waals surface area contributed by atoms with Crippen LogP contribution in [0.1, 0.15) is 62.4 Å². The van der Waals surface area contributed by atoms with Crippen LogP contribution in [0.25, 0.3) is 0 Å². The highest BCUT2D eigenvalue weighted by Gasteiger charge is 2.39. The highest BCUT2D eigenvalue weighted by molar-refractivity contribution is 7.09. The van der Waals surface area contributed by atoms with E-state index in [1.165, 1.54) is 22.5 Å². The number of hydrogen-bond acceptors (Lipinski definition) is 6. The molecule has 0 bridgehead atoms. The maximum Gasteiger partial charge on any atom is 0.273 e. The Morgan fingerprint density at radius 1 is 1.15 bits per heavy atom. The van der Waals surface area contributed by atoms with Crippen LogP contribution in [0.3, 0.4) is 0 Å². The Morgan fingerprint density at radius 2 is 1.97 bits per heavy atom. The molecule has 0 unspecified atom stereocenters. The first-order chi connectivity index (χ1) is 19.0. The number of benzene rings is 2. The first-order valence-electron chi connectivity index (χ1n) is 13.3. The number of hydrogen-bond donors (Lipinski definition) is 0. The Morgan fingerprint density at radius 3 is 2.72 bits per heavy atom. The van der Waals surface area contributed by atoms with E-state index in [9.17, 15) is 9.59 Å². The number of amides is 2. The standard InChI is InChI=1S/C31H31N3O4S/c1-20-5-7-22(8-6-20)29-26-16-24(12-11-21(26)13-14-34(29)30(35)23-9-10-23)38-18-28-32-27(19-39-28)31(36)33(2)17-25-4-3-15-37-25/h3-8,11-12,15-16,19,23,29H,9-10,13-14,17-18H2,1-2H3/t29-/m0/s1. The van der Waals surface area contributed by atoms with Crippen LogP contribution in [-0.2, 0) is 24.4 Å². The highest BCUT2D eigenvalue weighted by atomic mass is 32.1. The van der Waals surface area contributed by atoms with Gasteiger partial charge in [-0.1, -0.05) is 35.9 Å². The lowest BCUT2D eigenvalue weighted by Crippen LogP contribution is -2.41. The van der Waals surface area contributed by atoms with E-state index in [2.05, 4.69) is 53.2 Å². The number of nitrogens with zero attached hydrogens (tertiary/aromatic N) is 3. The van der Waals surface area contributed by atoms with Crippen molar-refractivity contribution in [2.75, 3.05) is 13.6 Å². The van der Waals surface area contributed by atoms with Crippen LogP contribution in [0.4, 0.5) is 0 Å². The Labute approximate surface area is 232 Å². The second-order valence-corrected chi connectivity index (χ2v) is 11.3. The van der Waals surface area contributed by atoms with Gasteiger partial charge in [-0.3, -0.25) is 9.59 Å². The van der Waals surface area contributed by atoms with Crippen molar-refractivity contribution < 1.29 is 18.7 Å². The van der Waals surface area contributed by atoms with Gasteiger partial charge in [0.1, 0.15) is 28.8 Å². The van der Waals surface area contributed by atoms with Gasteiger partial charge in [0, 0.05) is 24.9 Å². The van der Waals surface area contributed by atoms with Gasteiger partial charge in [0.25, 0.3) is 5.91 Å². The number of fused-ring (bicyclic) bond motifs is 1. The summed E-state index contributed by atoms with van der Waals surface area (Å²) in [7, 11) is 1.73. The summed E-state index contributed by atoms with van der Waals surface area (Å²) < 4.78 is 11.5. The molecule has 6 rings (SSSR count). The van der Waals surface area contributed by atoms with Crippen LogP contribution >= 0.6 is 11.3 Å². The monoisotopic (exact) mass is 541 g/mol. The third-order valence-corrected chi connectivity index (χ3v) is 8.22. The summed E-state index contributed by atoms with van der Waals surface area (Å²) in [6.07, 6.45) is 4.41. The van der Waals surface area contributed by atoms with Crippen LogP contribution in [0, 0.1) is 12.8 Å². The summed E-state index contributed by atoms with van der Waals surface area (Å²) in [6, 6.07) is 18.2. The second-order valence-electron chi connectivity index (χ2n) is 10.4. The van der Waals surface area contributed by atoms with Crippen molar-refractivity contribution in [3.8, 4) is 5.75 Å². The van der Waals surface area contributed by atoms with Gasteiger partial charge in [0.15, 0.2) is 0 Å². The van der Waals surface area contributed by atoms with Crippen LogP contribution < -0.4 is 4.74 Å². The van der Waals surface area contributed by atoms with Gasteiger partial charge in [-0.25, -0.2) is 4.98 Å². The molecule has 1 fully saturated rings. The van der Waals surface area contributed by atoms with E-state index in [0.29, 0.717) is 12.2 Å². The molecule has 200 valence electrons. The smallest absolute Gasteiger partial charge is 0.273 e. The van der Waals surface area contributed by atoms with Crippen LogP contribution in [-0.4, -0.2) is 40.2 Å². The average molecular weight is 542 g/mol. The minimum absolute atomic E-state index is 0.125. The van der Waals surface area contributed by atoms with E-state index in [-0.39, 0.29) is 30.4 Å². The van der Waals surface area contributed by atoms with Gasteiger partial charge < -0.3 is 19.0 Å². The number of carbonyl (C=O) groups excluding carboxylic acids is 2. The van der Waals surface area contributed by atoms with Gasteiger partial charge in [-0.15, -0.1) is 11.3 Å². The SMILES string of the molecule is Cc1ccc([C@H]2c3cc(OCc4nc(C(=O)N(C)Cc5ccco5)cs4)ccc3CCN2C(=O)C2CC2)cc1. The largest absolute Gasteiger partial charge is 0.486 e. The van der Waals surface area contributed by atoms with Gasteiger partial charge in [-0.05, 0) is 67.1 Å². The third kappa shape index (κ3) is 5.47. The fourth-order valence-electron chi connectivity index (χ4n) is 5.12. The summed E-state index contributed by atoms with van der Waals surface area (Å²) in [5.74, 6) is 1.71. The Bertz CT molecular complexity index is 1470. The molecule has 7 nitrogen and oxygen atoms in total. The van der Waals surface area contributed by atoms with Crippen LogP contribution in [0.5, 0.6) is 5.75 Å². The zero-order valence-corrected chi connectivity index (χ0v) is 22.9. The predicted molar refractivity (Wildman–Crippen MR) is 149 cm³/mol. The molecule has 39 heavy (non-hydrogen) atoms. The number of aromatic nitrogens is 1.